The molecule has 2 amide bonds. The fourth-order valence-electron chi connectivity index (χ4n) is 5.36. The van der Waals surface area contributed by atoms with E-state index in [0.29, 0.717) is 18.0 Å². The second kappa shape index (κ2) is 9.17. The predicted octanol–water partition coefficient (Wildman–Crippen LogP) is 5.47. The maximum Gasteiger partial charge on any atom is 0.264 e. The lowest BCUT2D eigenvalue weighted by molar-refractivity contribution is -0.121. The Morgan fingerprint density at radius 3 is 2.57 bits per heavy atom. The lowest BCUT2D eigenvalue weighted by Crippen LogP contribution is -2.43. The fraction of sp³-hybridized carbons (Fsp3) is 0.345. The first kappa shape index (κ1) is 23.1. The molecule has 6 nitrogen and oxygen atoms in total. The van der Waals surface area contributed by atoms with Crippen molar-refractivity contribution < 1.29 is 14.7 Å². The molecule has 2 aliphatic rings. The van der Waals surface area contributed by atoms with Crippen molar-refractivity contribution in [3.8, 4) is 0 Å². The number of aromatic nitrogens is 1. The molecular formula is C29H31N3O3. The highest BCUT2D eigenvalue weighted by atomic mass is 16.3. The smallest absolute Gasteiger partial charge is 0.264 e. The van der Waals surface area contributed by atoms with Crippen LogP contribution in [0.5, 0.6) is 0 Å². The Bertz CT molecular complexity index is 1320. The number of fused-ring (bicyclic) bond motifs is 1. The number of rotatable bonds is 5. The maximum atomic E-state index is 13.0. The first-order valence-electron chi connectivity index (χ1n) is 12.4. The Hall–Kier alpha value is -3.67. The second-order valence-electron chi connectivity index (χ2n) is 10.1. The van der Waals surface area contributed by atoms with Crippen LogP contribution in [0, 0.1) is 6.92 Å². The molecule has 5 rings (SSSR count). The molecule has 0 bridgehead atoms. The lowest BCUT2D eigenvalue weighted by Gasteiger charge is -2.25. The third-order valence-corrected chi connectivity index (χ3v) is 7.30. The molecule has 0 radical (unpaired) electrons. The van der Waals surface area contributed by atoms with Crippen molar-refractivity contribution in [2.75, 3.05) is 5.32 Å². The van der Waals surface area contributed by atoms with Gasteiger partial charge in [-0.05, 0) is 74.1 Å². The van der Waals surface area contributed by atoms with E-state index in [9.17, 15) is 14.7 Å². The fourth-order valence-corrected chi connectivity index (χ4v) is 5.36. The normalized spacial score (nSPS) is 20.8. The molecule has 1 aliphatic carbocycles. The van der Waals surface area contributed by atoms with Crippen LogP contribution in [0.1, 0.15) is 61.8 Å². The Morgan fingerprint density at radius 1 is 1.09 bits per heavy atom. The number of nitrogens with one attached hydrogen (secondary N) is 2. The zero-order valence-corrected chi connectivity index (χ0v) is 20.2. The average molecular weight is 470 g/mol. The van der Waals surface area contributed by atoms with Crippen molar-refractivity contribution >= 4 is 28.4 Å². The van der Waals surface area contributed by atoms with Crippen LogP contribution in [0.15, 0.2) is 65.9 Å². The largest absolute Gasteiger partial charge is 0.509 e. The monoisotopic (exact) mass is 469 g/mol. The summed E-state index contributed by atoms with van der Waals surface area (Å²) < 4.78 is 0. The van der Waals surface area contributed by atoms with Crippen LogP contribution in [-0.2, 0) is 16.0 Å². The third-order valence-electron chi connectivity index (χ3n) is 7.30. The molecule has 2 heterocycles. The number of hydrogen-bond acceptors (Lipinski definition) is 4. The van der Waals surface area contributed by atoms with Crippen molar-refractivity contribution in [3.63, 3.8) is 0 Å². The molecule has 6 heteroatoms. The van der Waals surface area contributed by atoms with Gasteiger partial charge in [-0.25, -0.2) is 0 Å². The molecule has 1 unspecified atom stereocenters. The highest BCUT2D eigenvalue weighted by molar-refractivity contribution is 6.24. The Balaban J connectivity index is 1.32. The van der Waals surface area contributed by atoms with E-state index in [0.717, 1.165) is 22.2 Å². The summed E-state index contributed by atoms with van der Waals surface area (Å²) in [4.78, 5) is 30.2. The number of nitrogens with zero attached hydrogens (tertiary/aromatic N) is 1. The first-order valence-corrected chi connectivity index (χ1v) is 12.4. The number of hydrogen-bond donors (Lipinski definition) is 3. The van der Waals surface area contributed by atoms with Gasteiger partial charge in [0.15, 0.2) is 0 Å². The van der Waals surface area contributed by atoms with Crippen LogP contribution in [0.25, 0.3) is 10.9 Å². The van der Waals surface area contributed by atoms with Crippen LogP contribution in [0.2, 0.25) is 0 Å². The van der Waals surface area contributed by atoms with E-state index in [1.54, 1.807) is 6.92 Å². The Morgan fingerprint density at radius 2 is 1.83 bits per heavy atom. The number of carbonyl (C=O) groups is 2. The zero-order chi connectivity index (χ0) is 24.6. The van der Waals surface area contributed by atoms with Crippen LogP contribution in [0.3, 0.4) is 0 Å². The van der Waals surface area contributed by atoms with Gasteiger partial charge in [-0.2, -0.15) is 0 Å². The highest BCUT2D eigenvalue weighted by Gasteiger charge is 2.44. The summed E-state index contributed by atoms with van der Waals surface area (Å²) in [6.07, 6.45) is 6.60. The number of amides is 2. The maximum absolute atomic E-state index is 13.0. The van der Waals surface area contributed by atoms with E-state index in [1.165, 1.54) is 37.7 Å². The van der Waals surface area contributed by atoms with E-state index in [-0.39, 0.29) is 11.3 Å². The number of benzene rings is 2. The van der Waals surface area contributed by atoms with Crippen molar-refractivity contribution in [3.05, 3.63) is 82.8 Å². The number of aliphatic hydroxyl groups excluding tert-OH is 1. The van der Waals surface area contributed by atoms with E-state index < -0.39 is 17.4 Å². The molecule has 1 fully saturated rings. The summed E-state index contributed by atoms with van der Waals surface area (Å²) in [6.45, 7) is 3.68. The van der Waals surface area contributed by atoms with Gasteiger partial charge in [0.25, 0.3) is 11.8 Å². The quantitative estimate of drug-likeness (QED) is 0.432. The minimum absolute atomic E-state index is 0.234. The van der Waals surface area contributed by atoms with E-state index in [4.69, 9.17) is 0 Å². The van der Waals surface area contributed by atoms with E-state index in [1.807, 2.05) is 49.4 Å². The third kappa shape index (κ3) is 4.65. The standard InChI is InChI=1S/C29H31N3O3/c1-18-8-10-22-16-19(9-15-24(22)30-18)17-29(2)26(33)25(28(35)32-29)27(34)31-23-13-11-21(12-14-23)20-6-4-3-5-7-20/h8-16,20,33H,3-7,17H2,1-2H3,(H,31,34)(H,32,35). The summed E-state index contributed by atoms with van der Waals surface area (Å²) in [5, 5.41) is 17.6. The minimum atomic E-state index is -1.07. The molecule has 1 atom stereocenters. The van der Waals surface area contributed by atoms with Gasteiger partial charge >= 0.3 is 0 Å². The van der Waals surface area contributed by atoms with Crippen molar-refractivity contribution in [1.29, 1.82) is 0 Å². The molecule has 0 saturated heterocycles. The molecule has 3 N–H and O–H groups in total. The molecule has 3 aromatic rings. The topological polar surface area (TPSA) is 91.3 Å². The van der Waals surface area contributed by atoms with Gasteiger partial charge in [0.1, 0.15) is 11.3 Å². The van der Waals surface area contributed by atoms with Crippen LogP contribution >= 0.6 is 0 Å². The number of pyridine rings is 1. The summed E-state index contributed by atoms with van der Waals surface area (Å²) in [6, 6.07) is 17.7. The number of aryl methyl sites for hydroxylation is 1. The highest BCUT2D eigenvalue weighted by Crippen LogP contribution is 2.34. The van der Waals surface area contributed by atoms with Gasteiger partial charge in [-0.15, -0.1) is 0 Å². The van der Waals surface area contributed by atoms with Crippen molar-refractivity contribution in [1.82, 2.24) is 10.3 Å². The molecule has 35 heavy (non-hydrogen) atoms. The van der Waals surface area contributed by atoms with Gasteiger partial charge in [-0.3, -0.25) is 14.6 Å². The van der Waals surface area contributed by atoms with Crippen LogP contribution in [0.4, 0.5) is 5.69 Å². The zero-order valence-electron chi connectivity index (χ0n) is 20.2. The van der Waals surface area contributed by atoms with E-state index >= 15 is 0 Å². The number of anilines is 1. The second-order valence-corrected chi connectivity index (χ2v) is 10.1. The van der Waals surface area contributed by atoms with Gasteiger partial charge in [0.2, 0.25) is 0 Å². The van der Waals surface area contributed by atoms with Crippen molar-refractivity contribution in [2.24, 2.45) is 0 Å². The van der Waals surface area contributed by atoms with Gasteiger partial charge in [0.05, 0.1) is 11.1 Å². The minimum Gasteiger partial charge on any atom is -0.509 e. The molecule has 2 aromatic carbocycles. The predicted molar refractivity (Wildman–Crippen MR) is 137 cm³/mol. The SMILES string of the molecule is Cc1ccc2cc(CC3(C)NC(=O)C(C(=O)Nc4ccc(C5CCCCC5)cc4)=C3O)ccc2n1. The summed E-state index contributed by atoms with van der Waals surface area (Å²) in [5.74, 6) is -0.829. The van der Waals surface area contributed by atoms with Gasteiger partial charge in [-0.1, -0.05) is 43.5 Å². The molecule has 1 aliphatic heterocycles. The lowest BCUT2D eigenvalue weighted by atomic mass is 9.84. The molecule has 1 saturated carbocycles. The van der Waals surface area contributed by atoms with Crippen molar-refractivity contribution in [2.45, 2.75) is 63.8 Å². The summed E-state index contributed by atoms with van der Waals surface area (Å²) in [5.41, 5.74) is 3.36. The average Bonchev–Trinajstić information content (AvgIpc) is 3.07. The first-order chi connectivity index (χ1) is 16.8. The summed E-state index contributed by atoms with van der Waals surface area (Å²) in [7, 11) is 0. The Kier molecular flexibility index (Phi) is 6.05. The van der Waals surface area contributed by atoms with Gasteiger partial charge in [0, 0.05) is 23.2 Å². The number of aliphatic hydroxyl groups is 1. The van der Waals surface area contributed by atoms with Crippen LogP contribution in [-0.4, -0.2) is 27.4 Å². The molecule has 0 spiro atoms. The molecule has 1 aromatic heterocycles. The molecule has 180 valence electrons. The molecular weight excluding hydrogens is 438 g/mol. The Labute approximate surface area is 205 Å². The van der Waals surface area contributed by atoms with Crippen LogP contribution < -0.4 is 10.6 Å². The number of carbonyl (C=O) groups excluding carboxylic acids is 2. The summed E-state index contributed by atoms with van der Waals surface area (Å²) >= 11 is 0. The van der Waals surface area contributed by atoms with E-state index in [2.05, 4.69) is 27.8 Å². The van der Waals surface area contributed by atoms with Gasteiger partial charge < -0.3 is 15.7 Å².